The SMILES string of the molecule is CCCN(C(=O)Nc1cccc(OC)c1)C(C)c1nc2ccccc2c(=O)n1-c1ccc(F)cc1. The number of fused-ring (bicyclic) bond motifs is 1. The van der Waals surface area contributed by atoms with E-state index in [1.165, 1.54) is 28.8 Å². The molecule has 8 heteroatoms. The molecule has 1 N–H and O–H groups in total. The number of urea groups is 1. The first-order valence-corrected chi connectivity index (χ1v) is 11.4. The number of ether oxygens (including phenoxy) is 1. The smallest absolute Gasteiger partial charge is 0.322 e. The number of nitrogens with one attached hydrogen (secondary N) is 1. The van der Waals surface area contributed by atoms with E-state index in [2.05, 4.69) is 5.32 Å². The molecule has 3 aromatic carbocycles. The minimum absolute atomic E-state index is 0.284. The Balaban J connectivity index is 1.80. The largest absolute Gasteiger partial charge is 0.497 e. The Kier molecular flexibility index (Phi) is 7.10. The van der Waals surface area contributed by atoms with Gasteiger partial charge in [0.1, 0.15) is 17.4 Å². The summed E-state index contributed by atoms with van der Waals surface area (Å²) in [6.45, 7) is 4.24. The number of aromatic nitrogens is 2. The lowest BCUT2D eigenvalue weighted by molar-refractivity contribution is 0.189. The Morgan fingerprint density at radius 1 is 1.11 bits per heavy atom. The third-order valence-electron chi connectivity index (χ3n) is 5.77. The zero-order valence-corrected chi connectivity index (χ0v) is 19.9. The maximum absolute atomic E-state index is 13.6. The minimum Gasteiger partial charge on any atom is -0.497 e. The van der Waals surface area contributed by atoms with Gasteiger partial charge in [0.15, 0.2) is 0 Å². The van der Waals surface area contributed by atoms with Gasteiger partial charge < -0.3 is 15.0 Å². The van der Waals surface area contributed by atoms with Crippen LogP contribution in [-0.4, -0.2) is 34.1 Å². The Labute approximate surface area is 202 Å². The minimum atomic E-state index is -0.567. The quantitative estimate of drug-likeness (QED) is 0.382. The first kappa shape index (κ1) is 23.9. The lowest BCUT2D eigenvalue weighted by atomic mass is 10.1. The van der Waals surface area contributed by atoms with Crippen molar-refractivity contribution in [3.05, 3.63) is 94.8 Å². The lowest BCUT2D eigenvalue weighted by Crippen LogP contribution is -2.40. The lowest BCUT2D eigenvalue weighted by Gasteiger charge is -2.30. The molecule has 0 spiro atoms. The van der Waals surface area contributed by atoms with Gasteiger partial charge in [-0.05, 0) is 61.9 Å². The van der Waals surface area contributed by atoms with E-state index in [0.29, 0.717) is 46.8 Å². The van der Waals surface area contributed by atoms with Crippen molar-refractivity contribution in [2.45, 2.75) is 26.3 Å². The number of carbonyl (C=O) groups is 1. The van der Waals surface area contributed by atoms with Crippen molar-refractivity contribution in [2.24, 2.45) is 0 Å². The fourth-order valence-electron chi connectivity index (χ4n) is 4.02. The molecule has 180 valence electrons. The Morgan fingerprint density at radius 2 is 1.86 bits per heavy atom. The molecule has 0 aliphatic heterocycles. The van der Waals surface area contributed by atoms with E-state index < -0.39 is 11.9 Å². The van der Waals surface area contributed by atoms with E-state index in [9.17, 15) is 14.0 Å². The Bertz CT molecular complexity index is 1400. The van der Waals surface area contributed by atoms with Crippen molar-refractivity contribution in [2.75, 3.05) is 19.0 Å². The number of anilines is 1. The second-order valence-electron chi connectivity index (χ2n) is 8.14. The summed E-state index contributed by atoms with van der Waals surface area (Å²) in [5.74, 6) is 0.601. The van der Waals surface area contributed by atoms with E-state index in [-0.39, 0.29) is 11.6 Å². The highest BCUT2D eigenvalue weighted by Crippen LogP contribution is 2.25. The van der Waals surface area contributed by atoms with Crippen molar-refractivity contribution in [3.63, 3.8) is 0 Å². The fourth-order valence-corrected chi connectivity index (χ4v) is 4.02. The first-order chi connectivity index (χ1) is 16.9. The highest BCUT2D eigenvalue weighted by Gasteiger charge is 2.26. The predicted octanol–water partition coefficient (Wildman–Crippen LogP) is 5.54. The molecular weight excluding hydrogens is 447 g/mol. The molecule has 2 amide bonds. The molecule has 1 heterocycles. The number of rotatable bonds is 7. The monoisotopic (exact) mass is 474 g/mol. The van der Waals surface area contributed by atoms with E-state index in [1.54, 1.807) is 54.5 Å². The van der Waals surface area contributed by atoms with E-state index >= 15 is 0 Å². The Hall–Kier alpha value is -4.20. The maximum atomic E-state index is 13.6. The molecule has 4 aromatic rings. The van der Waals surface area contributed by atoms with Gasteiger partial charge in [-0.25, -0.2) is 14.2 Å². The van der Waals surface area contributed by atoms with Gasteiger partial charge in [0.25, 0.3) is 5.56 Å². The number of halogens is 1. The zero-order valence-electron chi connectivity index (χ0n) is 19.9. The molecule has 4 rings (SSSR count). The van der Waals surface area contributed by atoms with Gasteiger partial charge in [-0.2, -0.15) is 0 Å². The van der Waals surface area contributed by atoms with E-state index in [4.69, 9.17) is 9.72 Å². The fraction of sp³-hybridized carbons (Fsp3) is 0.222. The Morgan fingerprint density at radius 3 is 2.57 bits per heavy atom. The number of hydrogen-bond donors (Lipinski definition) is 1. The van der Waals surface area contributed by atoms with Crippen LogP contribution >= 0.6 is 0 Å². The normalized spacial score (nSPS) is 11.8. The van der Waals surface area contributed by atoms with Crippen LogP contribution in [0.15, 0.2) is 77.6 Å². The molecule has 0 aliphatic carbocycles. The topological polar surface area (TPSA) is 76.5 Å². The summed E-state index contributed by atoms with van der Waals surface area (Å²) in [5.41, 5.74) is 1.31. The van der Waals surface area contributed by atoms with Crippen molar-refractivity contribution in [3.8, 4) is 11.4 Å². The molecule has 1 atom stereocenters. The van der Waals surface area contributed by atoms with Gasteiger partial charge in [0.2, 0.25) is 0 Å². The average Bonchev–Trinajstić information content (AvgIpc) is 2.87. The number of hydrogen-bond acceptors (Lipinski definition) is 4. The van der Waals surface area contributed by atoms with Gasteiger partial charge in [0, 0.05) is 18.3 Å². The summed E-state index contributed by atoms with van der Waals surface area (Å²) < 4.78 is 20.3. The van der Waals surface area contributed by atoms with Gasteiger partial charge in [-0.1, -0.05) is 25.1 Å². The third-order valence-corrected chi connectivity index (χ3v) is 5.77. The second-order valence-corrected chi connectivity index (χ2v) is 8.14. The van der Waals surface area contributed by atoms with Crippen LogP contribution in [0.2, 0.25) is 0 Å². The van der Waals surface area contributed by atoms with Crippen LogP contribution in [0.3, 0.4) is 0 Å². The second kappa shape index (κ2) is 10.4. The standard InChI is InChI=1S/C27H27FN4O3/c1-4-16-31(27(34)29-20-8-7-9-22(17-20)35-3)18(2)25-30-24-11-6-5-10-23(24)26(33)32(25)21-14-12-19(28)13-15-21/h5-15,17-18H,4,16H2,1-3H3,(H,29,34). The number of methoxy groups -OCH3 is 1. The van der Waals surface area contributed by atoms with Crippen LogP contribution in [0.1, 0.15) is 32.1 Å². The number of benzene rings is 3. The number of amides is 2. The van der Waals surface area contributed by atoms with Crippen LogP contribution in [0.5, 0.6) is 5.75 Å². The summed E-state index contributed by atoms with van der Waals surface area (Å²) in [7, 11) is 1.56. The molecule has 35 heavy (non-hydrogen) atoms. The van der Waals surface area contributed by atoms with Gasteiger partial charge in [0.05, 0.1) is 29.7 Å². The molecule has 1 unspecified atom stereocenters. The molecule has 0 radical (unpaired) electrons. The van der Waals surface area contributed by atoms with Crippen LogP contribution in [-0.2, 0) is 0 Å². The molecular formula is C27H27FN4O3. The molecule has 1 aromatic heterocycles. The van der Waals surface area contributed by atoms with E-state index in [0.717, 1.165) is 0 Å². The zero-order chi connectivity index (χ0) is 24.9. The molecule has 0 fully saturated rings. The third kappa shape index (κ3) is 5.01. The van der Waals surface area contributed by atoms with Crippen molar-refractivity contribution in [1.29, 1.82) is 0 Å². The average molecular weight is 475 g/mol. The van der Waals surface area contributed by atoms with Crippen molar-refractivity contribution < 1.29 is 13.9 Å². The maximum Gasteiger partial charge on any atom is 0.322 e. The van der Waals surface area contributed by atoms with Crippen molar-refractivity contribution in [1.82, 2.24) is 14.5 Å². The highest BCUT2D eigenvalue weighted by molar-refractivity contribution is 5.90. The molecule has 0 saturated carbocycles. The van der Waals surface area contributed by atoms with Crippen LogP contribution in [0.4, 0.5) is 14.9 Å². The molecule has 0 bridgehead atoms. The van der Waals surface area contributed by atoms with Crippen LogP contribution in [0.25, 0.3) is 16.6 Å². The van der Waals surface area contributed by atoms with Crippen LogP contribution in [0, 0.1) is 5.82 Å². The summed E-state index contributed by atoms with van der Waals surface area (Å²) in [5, 5.41) is 3.35. The summed E-state index contributed by atoms with van der Waals surface area (Å²) in [6, 6.07) is 18.9. The summed E-state index contributed by atoms with van der Waals surface area (Å²) in [6.07, 6.45) is 0.699. The predicted molar refractivity (Wildman–Crippen MR) is 135 cm³/mol. The number of nitrogens with zero attached hydrogens (tertiary/aromatic N) is 3. The number of para-hydroxylation sites is 1. The number of carbonyl (C=O) groups excluding carboxylic acids is 1. The van der Waals surface area contributed by atoms with Crippen molar-refractivity contribution >= 4 is 22.6 Å². The van der Waals surface area contributed by atoms with Gasteiger partial charge in [-0.3, -0.25) is 9.36 Å². The molecule has 0 aliphatic rings. The molecule has 7 nitrogen and oxygen atoms in total. The summed E-state index contributed by atoms with van der Waals surface area (Å²) >= 11 is 0. The van der Waals surface area contributed by atoms with Gasteiger partial charge in [-0.15, -0.1) is 0 Å². The van der Waals surface area contributed by atoms with Crippen LogP contribution < -0.4 is 15.6 Å². The van der Waals surface area contributed by atoms with Gasteiger partial charge >= 0.3 is 6.03 Å². The molecule has 0 saturated heterocycles. The summed E-state index contributed by atoms with van der Waals surface area (Å²) in [4.78, 5) is 33.3. The highest BCUT2D eigenvalue weighted by atomic mass is 19.1. The first-order valence-electron chi connectivity index (χ1n) is 11.4. The van der Waals surface area contributed by atoms with E-state index in [1.807, 2.05) is 19.9 Å².